The molecule has 1 aromatic heterocycles. The number of rotatable bonds is 6. The lowest BCUT2D eigenvalue weighted by Gasteiger charge is -2.09. The number of nitrogens with one attached hydrogen (secondary N) is 2. The van der Waals surface area contributed by atoms with Crippen LogP contribution in [0.2, 0.25) is 5.02 Å². The van der Waals surface area contributed by atoms with Crippen molar-refractivity contribution >= 4 is 45.7 Å². The Morgan fingerprint density at radius 3 is 2.74 bits per heavy atom. The molecule has 118 valence electrons. The van der Waals surface area contributed by atoms with Gasteiger partial charge in [-0.1, -0.05) is 23.7 Å². The molecule has 3 rings (SSSR count). The van der Waals surface area contributed by atoms with E-state index in [9.17, 15) is 5.11 Å². The van der Waals surface area contributed by atoms with Gasteiger partial charge in [0.1, 0.15) is 5.75 Å². The lowest BCUT2D eigenvalue weighted by molar-refractivity contribution is 0.469. The van der Waals surface area contributed by atoms with Gasteiger partial charge in [0.05, 0.1) is 5.02 Å². The van der Waals surface area contributed by atoms with Crippen molar-refractivity contribution in [1.82, 2.24) is 4.98 Å². The molecule has 0 fully saturated rings. The maximum absolute atomic E-state index is 9.89. The summed E-state index contributed by atoms with van der Waals surface area (Å²) in [6.45, 7) is 0.510. The van der Waals surface area contributed by atoms with E-state index in [0.717, 1.165) is 21.3 Å². The van der Waals surface area contributed by atoms with Gasteiger partial charge in [0.2, 0.25) is 0 Å². The van der Waals surface area contributed by atoms with E-state index >= 15 is 0 Å². The van der Waals surface area contributed by atoms with Crippen molar-refractivity contribution in [2.75, 3.05) is 10.0 Å². The zero-order chi connectivity index (χ0) is 16.1. The highest BCUT2D eigenvalue weighted by atomic mass is 35.5. The Labute approximate surface area is 147 Å². The van der Waals surface area contributed by atoms with Gasteiger partial charge in [-0.05, 0) is 42.3 Å². The minimum atomic E-state index is 0.126. The van der Waals surface area contributed by atoms with Crippen LogP contribution in [0.4, 0.5) is 10.8 Å². The topological polar surface area (TPSA) is 57.2 Å². The second kappa shape index (κ2) is 7.59. The van der Waals surface area contributed by atoms with Gasteiger partial charge in [-0.15, -0.1) is 11.3 Å². The van der Waals surface area contributed by atoms with Crippen molar-refractivity contribution in [3.05, 3.63) is 64.6 Å². The van der Waals surface area contributed by atoms with E-state index in [0.29, 0.717) is 11.6 Å². The van der Waals surface area contributed by atoms with Crippen LogP contribution in [0.15, 0.2) is 58.9 Å². The number of para-hydroxylation sites is 1. The van der Waals surface area contributed by atoms with Gasteiger partial charge < -0.3 is 15.1 Å². The number of phenols is 1. The number of phenolic OH excluding ortho intramolecular Hbond substituents is 1. The van der Waals surface area contributed by atoms with Crippen LogP contribution in [0.5, 0.6) is 5.75 Å². The van der Waals surface area contributed by atoms with E-state index in [2.05, 4.69) is 15.0 Å². The fraction of sp³-hybridized carbons (Fsp3) is 0.0625. The molecule has 7 heteroatoms. The van der Waals surface area contributed by atoms with Crippen molar-refractivity contribution < 1.29 is 5.11 Å². The summed E-state index contributed by atoms with van der Waals surface area (Å²) in [6.07, 6.45) is 1.77. The molecule has 3 aromatic rings. The van der Waals surface area contributed by atoms with Crippen molar-refractivity contribution in [1.29, 1.82) is 0 Å². The number of nitrogens with zero attached hydrogens (tertiary/aromatic N) is 1. The van der Waals surface area contributed by atoms with Crippen molar-refractivity contribution in [3.8, 4) is 5.75 Å². The number of benzene rings is 2. The lowest BCUT2D eigenvalue weighted by atomic mass is 10.2. The van der Waals surface area contributed by atoms with Gasteiger partial charge in [0.25, 0.3) is 0 Å². The average Bonchev–Trinajstić information content (AvgIpc) is 3.09. The molecule has 0 unspecified atom stereocenters. The van der Waals surface area contributed by atoms with Crippen LogP contribution in [0.25, 0.3) is 0 Å². The maximum atomic E-state index is 9.89. The predicted octanol–water partition coefficient (Wildman–Crippen LogP) is 5.23. The summed E-state index contributed by atoms with van der Waals surface area (Å²) < 4.78 is 3.19. The summed E-state index contributed by atoms with van der Waals surface area (Å²) in [7, 11) is 0. The predicted molar refractivity (Wildman–Crippen MR) is 98.5 cm³/mol. The second-order valence-electron chi connectivity index (χ2n) is 4.67. The fourth-order valence-electron chi connectivity index (χ4n) is 1.92. The highest BCUT2D eigenvalue weighted by Crippen LogP contribution is 2.28. The highest BCUT2D eigenvalue weighted by molar-refractivity contribution is 8.00. The van der Waals surface area contributed by atoms with Gasteiger partial charge in [-0.2, -0.15) is 0 Å². The molecule has 23 heavy (non-hydrogen) atoms. The Morgan fingerprint density at radius 2 is 2.00 bits per heavy atom. The molecular weight excluding hydrogens is 350 g/mol. The first-order valence-corrected chi connectivity index (χ1v) is 8.92. The molecular formula is C16H14ClN3OS2. The van der Waals surface area contributed by atoms with Crippen LogP contribution in [0.1, 0.15) is 5.56 Å². The molecule has 0 aliphatic carbocycles. The minimum absolute atomic E-state index is 0.126. The van der Waals surface area contributed by atoms with E-state index in [4.69, 9.17) is 11.6 Å². The van der Waals surface area contributed by atoms with Crippen molar-refractivity contribution in [2.45, 2.75) is 11.4 Å². The molecule has 0 saturated heterocycles. The van der Waals surface area contributed by atoms with Crippen molar-refractivity contribution in [2.24, 2.45) is 0 Å². The second-order valence-corrected chi connectivity index (χ2v) is 6.85. The first kappa shape index (κ1) is 16.0. The molecule has 1 heterocycles. The third kappa shape index (κ3) is 4.31. The number of aromatic hydroxyl groups is 1. The largest absolute Gasteiger partial charge is 0.506 e. The van der Waals surface area contributed by atoms with E-state index in [-0.39, 0.29) is 5.75 Å². The Balaban J connectivity index is 1.56. The van der Waals surface area contributed by atoms with E-state index in [1.165, 1.54) is 11.9 Å². The smallest absolute Gasteiger partial charge is 0.192 e. The standard InChI is InChI=1S/C16H14ClN3OS2/c17-14-3-1-2-11(15(14)21)10-19-12-4-6-13(7-5-12)23-20-16-18-8-9-22-16/h1-9,19,21H,10H2,(H,18,20). The molecule has 0 aliphatic heterocycles. The van der Waals surface area contributed by atoms with Crippen LogP contribution in [0.3, 0.4) is 0 Å². The Kier molecular flexibility index (Phi) is 5.27. The monoisotopic (exact) mass is 363 g/mol. The molecule has 0 saturated carbocycles. The van der Waals surface area contributed by atoms with Gasteiger partial charge in [-0.25, -0.2) is 4.98 Å². The molecule has 0 spiro atoms. The zero-order valence-corrected chi connectivity index (χ0v) is 14.4. The van der Waals surface area contributed by atoms with E-state index < -0.39 is 0 Å². The van der Waals surface area contributed by atoms with Gasteiger partial charge in [0.15, 0.2) is 5.13 Å². The summed E-state index contributed by atoms with van der Waals surface area (Å²) in [5.74, 6) is 0.126. The van der Waals surface area contributed by atoms with Crippen LogP contribution in [-0.2, 0) is 6.54 Å². The molecule has 2 aromatic carbocycles. The number of hydrogen-bond donors (Lipinski definition) is 3. The normalized spacial score (nSPS) is 10.5. The maximum Gasteiger partial charge on any atom is 0.192 e. The van der Waals surface area contributed by atoms with E-state index in [1.54, 1.807) is 23.6 Å². The summed E-state index contributed by atoms with van der Waals surface area (Å²) >= 11 is 8.98. The Bertz CT molecular complexity index is 764. The average molecular weight is 364 g/mol. The molecule has 0 aliphatic rings. The van der Waals surface area contributed by atoms with Crippen LogP contribution >= 0.6 is 34.9 Å². The van der Waals surface area contributed by atoms with E-state index in [1.807, 2.05) is 41.8 Å². The zero-order valence-electron chi connectivity index (χ0n) is 12.0. The number of aromatic nitrogens is 1. The first-order valence-electron chi connectivity index (χ1n) is 6.85. The molecule has 0 amide bonds. The summed E-state index contributed by atoms with van der Waals surface area (Å²) in [5.41, 5.74) is 1.74. The highest BCUT2D eigenvalue weighted by Gasteiger charge is 2.05. The SMILES string of the molecule is Oc1c(Cl)cccc1CNc1ccc(SNc2nccs2)cc1. The fourth-order valence-corrected chi connectivity index (χ4v) is 3.33. The van der Waals surface area contributed by atoms with Crippen LogP contribution in [0, 0.1) is 0 Å². The first-order chi connectivity index (χ1) is 11.2. The van der Waals surface area contributed by atoms with Gasteiger partial charge >= 0.3 is 0 Å². The quantitative estimate of drug-likeness (QED) is 0.523. The van der Waals surface area contributed by atoms with Crippen LogP contribution < -0.4 is 10.0 Å². The van der Waals surface area contributed by atoms with Gasteiger partial charge in [0, 0.05) is 34.3 Å². The lowest BCUT2D eigenvalue weighted by Crippen LogP contribution is -1.99. The molecule has 0 radical (unpaired) electrons. The number of hydrogen-bond acceptors (Lipinski definition) is 6. The number of thiazole rings is 1. The van der Waals surface area contributed by atoms with Crippen LogP contribution in [-0.4, -0.2) is 10.1 Å². The Morgan fingerprint density at radius 1 is 1.17 bits per heavy atom. The minimum Gasteiger partial charge on any atom is -0.506 e. The summed E-state index contributed by atoms with van der Waals surface area (Å²) in [5, 5.41) is 16.3. The number of anilines is 2. The van der Waals surface area contributed by atoms with Crippen molar-refractivity contribution in [3.63, 3.8) is 0 Å². The third-order valence-corrected chi connectivity index (χ3v) is 5.02. The molecule has 3 N–H and O–H groups in total. The molecule has 4 nitrogen and oxygen atoms in total. The molecule has 0 bridgehead atoms. The summed E-state index contributed by atoms with van der Waals surface area (Å²) in [4.78, 5) is 5.26. The third-order valence-electron chi connectivity index (χ3n) is 3.10. The molecule has 0 atom stereocenters. The van der Waals surface area contributed by atoms with Gasteiger partial charge in [-0.3, -0.25) is 0 Å². The Hall–Kier alpha value is -1.89. The summed E-state index contributed by atoms with van der Waals surface area (Å²) in [6, 6.07) is 13.4. The number of halogens is 1.